The van der Waals surface area contributed by atoms with Gasteiger partial charge in [0.15, 0.2) is 5.75 Å². The lowest BCUT2D eigenvalue weighted by atomic mass is 10.8. The van der Waals surface area contributed by atoms with Gasteiger partial charge >= 0.3 is 5.97 Å². The van der Waals surface area contributed by atoms with E-state index in [9.17, 15) is 13.2 Å². The number of carbonyl (C=O) groups is 1. The summed E-state index contributed by atoms with van der Waals surface area (Å²) in [5, 5.41) is 0. The zero-order valence-corrected chi connectivity index (χ0v) is 8.26. The van der Waals surface area contributed by atoms with Crippen LogP contribution in [0, 0.1) is 0 Å². The molecule has 1 rings (SSSR count). The van der Waals surface area contributed by atoms with Crippen LogP contribution in [0.15, 0.2) is 0 Å². The quantitative estimate of drug-likeness (QED) is 0.624. The van der Waals surface area contributed by atoms with Crippen molar-refractivity contribution in [2.24, 2.45) is 0 Å². The molecule has 0 saturated heterocycles. The minimum absolute atomic E-state index is 0.0411. The largest absolute Gasteiger partial charge is 0.465 e. The lowest BCUT2D eigenvalue weighted by Gasteiger charge is -2.04. The molecule has 76 valence electrons. The summed E-state index contributed by atoms with van der Waals surface area (Å²) in [7, 11) is -3.46. The van der Waals surface area contributed by atoms with Crippen LogP contribution in [-0.2, 0) is 19.6 Å². The highest BCUT2D eigenvalue weighted by Crippen LogP contribution is 2.19. The number of rotatable bonds is 5. The van der Waals surface area contributed by atoms with Crippen LogP contribution in [0.3, 0.4) is 0 Å². The van der Waals surface area contributed by atoms with Gasteiger partial charge in [0.2, 0.25) is 10.0 Å². The molecule has 0 aliphatic heterocycles. The molecule has 1 fully saturated rings. The summed E-state index contributed by atoms with van der Waals surface area (Å²) in [6.07, 6.45) is 1.73. The molecule has 0 atom stereocenters. The van der Waals surface area contributed by atoms with Crippen molar-refractivity contribution in [3.63, 3.8) is 0 Å². The Kier molecular flexibility index (Phi) is 3.27. The number of esters is 1. The Bertz CT molecular complexity index is 281. The molecule has 0 aromatic heterocycles. The van der Waals surface area contributed by atoms with E-state index < -0.39 is 21.7 Å². The molecule has 0 aromatic rings. The third-order valence-electron chi connectivity index (χ3n) is 1.54. The maximum Gasteiger partial charge on any atom is 0.322 e. The van der Waals surface area contributed by atoms with E-state index in [1.807, 2.05) is 0 Å². The third kappa shape index (κ3) is 4.23. The van der Waals surface area contributed by atoms with E-state index in [-0.39, 0.29) is 12.6 Å². The Balaban J connectivity index is 2.36. The molecule has 0 unspecified atom stereocenters. The molecule has 1 aliphatic rings. The predicted octanol–water partition coefficient (Wildman–Crippen LogP) is -0.369. The van der Waals surface area contributed by atoms with Crippen molar-refractivity contribution in [2.75, 3.05) is 12.4 Å². The van der Waals surface area contributed by atoms with Crippen molar-refractivity contribution in [3.8, 4) is 0 Å². The molecule has 0 amide bonds. The second-order valence-electron chi connectivity index (χ2n) is 2.96. The number of ether oxygens (including phenoxy) is 1. The zero-order valence-electron chi connectivity index (χ0n) is 7.45. The first-order valence-electron chi connectivity index (χ1n) is 4.19. The minimum atomic E-state index is -3.46. The van der Waals surface area contributed by atoms with E-state index >= 15 is 0 Å². The molecule has 0 spiro atoms. The second kappa shape index (κ2) is 4.06. The van der Waals surface area contributed by atoms with Gasteiger partial charge in [-0.15, -0.1) is 0 Å². The normalized spacial score (nSPS) is 17.0. The monoisotopic (exact) mass is 207 g/mol. The molecule has 1 aliphatic carbocycles. The maximum atomic E-state index is 11.2. The highest BCUT2D eigenvalue weighted by molar-refractivity contribution is 7.90. The number of nitrogens with one attached hydrogen (secondary N) is 1. The maximum absolute atomic E-state index is 11.2. The predicted molar refractivity (Wildman–Crippen MR) is 46.6 cm³/mol. The van der Waals surface area contributed by atoms with E-state index in [4.69, 9.17) is 0 Å². The fourth-order valence-electron chi connectivity index (χ4n) is 0.855. The molecular weight excluding hydrogens is 194 g/mol. The van der Waals surface area contributed by atoms with Crippen molar-refractivity contribution < 1.29 is 17.9 Å². The van der Waals surface area contributed by atoms with Crippen molar-refractivity contribution in [1.29, 1.82) is 0 Å². The van der Waals surface area contributed by atoms with Crippen molar-refractivity contribution in [2.45, 2.75) is 25.8 Å². The summed E-state index contributed by atoms with van der Waals surface area (Å²) in [6.45, 7) is 1.84. The molecule has 1 saturated carbocycles. The van der Waals surface area contributed by atoms with Gasteiger partial charge in [0.25, 0.3) is 0 Å². The van der Waals surface area contributed by atoms with Gasteiger partial charge in [-0.1, -0.05) is 0 Å². The molecular formula is C7H13NO4S. The van der Waals surface area contributed by atoms with E-state index in [1.54, 1.807) is 6.92 Å². The summed E-state index contributed by atoms with van der Waals surface area (Å²) >= 11 is 0. The Morgan fingerprint density at radius 1 is 1.54 bits per heavy atom. The number of hydrogen-bond acceptors (Lipinski definition) is 4. The van der Waals surface area contributed by atoms with Gasteiger partial charge in [-0.3, -0.25) is 4.79 Å². The first-order valence-corrected chi connectivity index (χ1v) is 5.84. The second-order valence-corrected chi connectivity index (χ2v) is 4.71. The third-order valence-corrected chi connectivity index (χ3v) is 2.84. The Labute approximate surface area is 77.5 Å². The van der Waals surface area contributed by atoms with Crippen molar-refractivity contribution in [1.82, 2.24) is 4.72 Å². The molecule has 0 aromatic carbocycles. The highest BCUT2D eigenvalue weighted by Gasteiger charge is 2.28. The van der Waals surface area contributed by atoms with Crippen LogP contribution in [0.2, 0.25) is 0 Å². The van der Waals surface area contributed by atoms with Gasteiger partial charge in [0, 0.05) is 6.04 Å². The van der Waals surface area contributed by atoms with Gasteiger partial charge in [0.1, 0.15) is 0 Å². The van der Waals surface area contributed by atoms with Crippen LogP contribution < -0.4 is 4.72 Å². The van der Waals surface area contributed by atoms with Crippen LogP contribution in [-0.4, -0.2) is 32.8 Å². The number of carbonyl (C=O) groups excluding carboxylic acids is 1. The van der Waals surface area contributed by atoms with Crippen LogP contribution in [0.25, 0.3) is 0 Å². The Morgan fingerprint density at radius 2 is 2.15 bits per heavy atom. The topological polar surface area (TPSA) is 72.5 Å². The van der Waals surface area contributed by atoms with Crippen LogP contribution in [0.1, 0.15) is 19.8 Å². The van der Waals surface area contributed by atoms with Crippen LogP contribution >= 0.6 is 0 Å². The van der Waals surface area contributed by atoms with Crippen LogP contribution in [0.4, 0.5) is 0 Å². The van der Waals surface area contributed by atoms with E-state index in [0.29, 0.717) is 0 Å². The average Bonchev–Trinajstić information content (AvgIpc) is 2.69. The average molecular weight is 207 g/mol. The first-order chi connectivity index (χ1) is 6.03. The Hall–Kier alpha value is -0.620. The van der Waals surface area contributed by atoms with E-state index in [1.165, 1.54) is 0 Å². The summed E-state index contributed by atoms with van der Waals surface area (Å²) < 4.78 is 29.2. The van der Waals surface area contributed by atoms with Gasteiger partial charge < -0.3 is 4.74 Å². The first kappa shape index (κ1) is 10.5. The van der Waals surface area contributed by atoms with Crippen molar-refractivity contribution in [3.05, 3.63) is 0 Å². The van der Waals surface area contributed by atoms with Crippen molar-refractivity contribution >= 4 is 16.0 Å². The van der Waals surface area contributed by atoms with E-state index in [2.05, 4.69) is 9.46 Å². The number of hydrogen-bond donors (Lipinski definition) is 1. The number of sulfonamides is 1. The molecule has 6 heteroatoms. The summed E-state index contributed by atoms with van der Waals surface area (Å²) in [5.41, 5.74) is 0. The van der Waals surface area contributed by atoms with Gasteiger partial charge in [-0.25, -0.2) is 13.1 Å². The molecule has 0 heterocycles. The molecule has 0 bridgehead atoms. The molecule has 1 N–H and O–H groups in total. The lowest BCUT2D eigenvalue weighted by Crippen LogP contribution is -2.32. The summed E-state index contributed by atoms with van der Waals surface area (Å²) in [6, 6.07) is 0.0411. The fraction of sp³-hybridized carbons (Fsp3) is 0.857. The standard InChI is InChI=1S/C7H13NO4S/c1-2-12-7(9)5-13(10,11)8-6-3-4-6/h6,8H,2-5H2,1H3. The van der Waals surface area contributed by atoms with E-state index in [0.717, 1.165) is 12.8 Å². The van der Waals surface area contributed by atoms with Gasteiger partial charge in [-0.05, 0) is 19.8 Å². The minimum Gasteiger partial charge on any atom is -0.465 e. The SMILES string of the molecule is CCOC(=O)CS(=O)(=O)NC1CC1. The zero-order chi connectivity index (χ0) is 9.90. The molecule has 5 nitrogen and oxygen atoms in total. The fourth-order valence-corrected chi connectivity index (χ4v) is 2.08. The summed E-state index contributed by atoms with van der Waals surface area (Å²) in [4.78, 5) is 10.8. The summed E-state index contributed by atoms with van der Waals surface area (Å²) in [5.74, 6) is -1.27. The van der Waals surface area contributed by atoms with Gasteiger partial charge in [-0.2, -0.15) is 0 Å². The smallest absolute Gasteiger partial charge is 0.322 e. The Morgan fingerprint density at radius 3 is 2.62 bits per heavy atom. The lowest BCUT2D eigenvalue weighted by molar-refractivity contribution is -0.139. The van der Waals surface area contributed by atoms with Crippen LogP contribution in [0.5, 0.6) is 0 Å². The molecule has 0 radical (unpaired) electrons. The highest BCUT2D eigenvalue weighted by atomic mass is 32.2. The van der Waals surface area contributed by atoms with Gasteiger partial charge in [0.05, 0.1) is 6.61 Å². The molecule has 13 heavy (non-hydrogen) atoms.